The first-order valence-electron chi connectivity index (χ1n) is 13.6. The quantitative estimate of drug-likeness (QED) is 0.224. The summed E-state index contributed by atoms with van der Waals surface area (Å²) in [5, 5.41) is 9.18. The number of hydrogen-bond donors (Lipinski definition) is 0. The fourth-order valence-electron chi connectivity index (χ4n) is 4.64. The van der Waals surface area contributed by atoms with E-state index in [-0.39, 0.29) is 11.9 Å². The molecule has 0 aliphatic carbocycles. The summed E-state index contributed by atoms with van der Waals surface area (Å²) >= 11 is 0. The molecule has 0 fully saturated rings. The zero-order chi connectivity index (χ0) is 29.4. The van der Waals surface area contributed by atoms with Gasteiger partial charge < -0.3 is 9.64 Å². The maximum atomic E-state index is 13.2. The minimum absolute atomic E-state index is 0.220. The van der Waals surface area contributed by atoms with Gasteiger partial charge >= 0.3 is 12.1 Å². The summed E-state index contributed by atoms with van der Waals surface area (Å²) < 4.78 is 44.9. The number of methoxy groups -OCH3 is 1. The van der Waals surface area contributed by atoms with Gasteiger partial charge in [-0.15, -0.1) is 0 Å². The van der Waals surface area contributed by atoms with Crippen molar-refractivity contribution in [2.24, 2.45) is 11.8 Å². The lowest BCUT2D eigenvalue weighted by Gasteiger charge is -2.28. The number of benzene rings is 3. The van der Waals surface area contributed by atoms with Crippen molar-refractivity contribution in [3.63, 3.8) is 0 Å². The minimum atomic E-state index is -4.42. The van der Waals surface area contributed by atoms with Crippen LogP contribution in [0.1, 0.15) is 68.7 Å². The molecular weight excluding hydrogens is 513 g/mol. The molecule has 0 aliphatic rings. The van der Waals surface area contributed by atoms with Gasteiger partial charge in [-0.05, 0) is 83.3 Å². The highest BCUT2D eigenvalue weighted by Crippen LogP contribution is 2.36. The van der Waals surface area contributed by atoms with Gasteiger partial charge in [-0.2, -0.15) is 18.4 Å². The number of nitriles is 1. The molecule has 1 atom stereocenters. The summed E-state index contributed by atoms with van der Waals surface area (Å²) in [6.45, 7) is 9.69. The number of alkyl halides is 3. The fourth-order valence-corrected chi connectivity index (χ4v) is 4.64. The van der Waals surface area contributed by atoms with Gasteiger partial charge in [0.1, 0.15) is 0 Å². The number of carbonyl (C=O) groups excluding carboxylic acids is 1. The molecule has 3 aromatic carbocycles. The Bertz CT molecular complexity index is 1310. The van der Waals surface area contributed by atoms with Crippen molar-refractivity contribution >= 4 is 11.7 Å². The van der Waals surface area contributed by atoms with Crippen molar-refractivity contribution in [1.29, 1.82) is 5.26 Å². The number of nitrogens with zero attached hydrogens (tertiary/aromatic N) is 2. The molecule has 0 spiro atoms. The Morgan fingerprint density at radius 3 is 2.10 bits per heavy atom. The van der Waals surface area contributed by atoms with Crippen LogP contribution >= 0.6 is 0 Å². The van der Waals surface area contributed by atoms with E-state index in [9.17, 15) is 23.2 Å². The van der Waals surface area contributed by atoms with Crippen molar-refractivity contribution in [1.82, 2.24) is 0 Å². The highest BCUT2D eigenvalue weighted by Gasteiger charge is 2.30. The summed E-state index contributed by atoms with van der Waals surface area (Å²) in [7, 11) is 1.37. The first-order chi connectivity index (χ1) is 18.9. The lowest BCUT2D eigenvalue weighted by atomic mass is 9.87. The van der Waals surface area contributed by atoms with Crippen molar-refractivity contribution in [2.45, 2.75) is 59.2 Å². The zero-order valence-electron chi connectivity index (χ0n) is 23.8. The number of esters is 1. The van der Waals surface area contributed by atoms with Crippen LogP contribution in [0.5, 0.6) is 0 Å². The monoisotopic (exact) mass is 550 g/mol. The number of anilines is 1. The summed E-state index contributed by atoms with van der Waals surface area (Å²) in [5.41, 5.74) is 3.89. The van der Waals surface area contributed by atoms with Crippen LogP contribution in [0.3, 0.4) is 0 Å². The number of hydrogen-bond acceptors (Lipinski definition) is 4. The van der Waals surface area contributed by atoms with E-state index < -0.39 is 17.7 Å². The van der Waals surface area contributed by atoms with Gasteiger partial charge in [0.25, 0.3) is 0 Å². The average Bonchev–Trinajstić information content (AvgIpc) is 2.93. The van der Waals surface area contributed by atoms with Crippen molar-refractivity contribution in [2.75, 3.05) is 18.6 Å². The molecule has 0 aromatic heterocycles. The highest BCUT2D eigenvalue weighted by molar-refractivity contribution is 5.80. The normalized spacial score (nSPS) is 12.3. The molecule has 0 N–H and O–H groups in total. The maximum absolute atomic E-state index is 13.2. The molecule has 0 heterocycles. The van der Waals surface area contributed by atoms with Gasteiger partial charge in [-0.1, -0.05) is 58.0 Å². The van der Waals surface area contributed by atoms with Crippen LogP contribution in [0.4, 0.5) is 18.9 Å². The Morgan fingerprint density at radius 1 is 0.925 bits per heavy atom. The molecule has 0 bridgehead atoms. The van der Waals surface area contributed by atoms with E-state index in [1.54, 1.807) is 12.1 Å². The Balaban J connectivity index is 2.15. The summed E-state index contributed by atoms with van der Waals surface area (Å²) in [4.78, 5) is 15.1. The van der Waals surface area contributed by atoms with Gasteiger partial charge in [-0.25, -0.2) is 0 Å². The molecule has 3 aromatic rings. The predicted octanol–water partition coefficient (Wildman–Crippen LogP) is 8.60. The molecule has 7 heteroatoms. The molecule has 0 saturated carbocycles. The number of carbonyl (C=O) groups is 1. The van der Waals surface area contributed by atoms with Gasteiger partial charge in [0.2, 0.25) is 0 Å². The van der Waals surface area contributed by atoms with E-state index in [1.165, 1.54) is 19.2 Å². The first-order valence-corrected chi connectivity index (χ1v) is 13.6. The van der Waals surface area contributed by atoms with Crippen LogP contribution in [-0.2, 0) is 22.3 Å². The molecule has 0 aliphatic heterocycles. The van der Waals surface area contributed by atoms with Crippen LogP contribution in [0.15, 0.2) is 66.7 Å². The summed E-state index contributed by atoms with van der Waals surface area (Å²) in [5.74, 6) is -0.187. The Morgan fingerprint density at radius 2 is 1.57 bits per heavy atom. The zero-order valence-corrected chi connectivity index (χ0v) is 23.8. The van der Waals surface area contributed by atoms with Gasteiger partial charge in [0, 0.05) is 18.8 Å². The lowest BCUT2D eigenvalue weighted by molar-refractivity contribution is -0.143. The van der Waals surface area contributed by atoms with E-state index >= 15 is 0 Å². The third-order valence-electron chi connectivity index (χ3n) is 6.88. The molecule has 4 nitrogen and oxygen atoms in total. The largest absolute Gasteiger partial charge is 0.469 e. The van der Waals surface area contributed by atoms with Gasteiger partial charge in [-0.3, -0.25) is 4.79 Å². The van der Waals surface area contributed by atoms with Crippen molar-refractivity contribution < 1.29 is 22.7 Å². The molecule has 0 saturated heterocycles. The van der Waals surface area contributed by atoms with Gasteiger partial charge in [0.05, 0.1) is 30.2 Å². The molecule has 0 amide bonds. The molecular formula is C33H37F3N2O2. The highest BCUT2D eigenvalue weighted by atomic mass is 19.4. The average molecular weight is 551 g/mol. The molecule has 0 radical (unpaired) electrons. The van der Waals surface area contributed by atoms with Crippen LogP contribution in [0.2, 0.25) is 0 Å². The second-order valence-electron chi connectivity index (χ2n) is 11.0. The number of rotatable bonds is 11. The molecule has 40 heavy (non-hydrogen) atoms. The lowest BCUT2D eigenvalue weighted by Crippen LogP contribution is -2.25. The van der Waals surface area contributed by atoms with Crippen molar-refractivity contribution in [3.8, 4) is 17.2 Å². The fraction of sp³-hybridized carbons (Fsp3) is 0.394. The Hall–Kier alpha value is -3.79. The summed E-state index contributed by atoms with van der Waals surface area (Å²) in [6.07, 6.45) is -2.93. The Kier molecular flexibility index (Phi) is 10.4. The van der Waals surface area contributed by atoms with E-state index in [2.05, 4.69) is 24.8 Å². The SMILES string of the molecule is COC(=O)C(CC(C)C)c1cc(-c2ccc(C(F)(F)F)cc2)cc(N(CCC(C)C)Cc2ccc(C#N)cc2)c1. The molecule has 1 unspecified atom stereocenters. The molecule has 212 valence electrons. The Labute approximate surface area is 235 Å². The van der Waals surface area contributed by atoms with E-state index in [0.29, 0.717) is 30.0 Å². The standard InChI is InChI=1S/C33H37F3N2O2/c1-22(2)14-15-38(21-25-8-6-24(20-37)7-9-25)30-18-27(26-10-12-29(13-11-26)33(34,35)36)17-28(19-30)31(16-23(3)4)32(39)40-5/h6-13,17-19,22-23,31H,14-16,21H2,1-5H3. The van der Waals surface area contributed by atoms with Crippen LogP contribution in [-0.4, -0.2) is 19.6 Å². The smallest absolute Gasteiger partial charge is 0.416 e. The predicted molar refractivity (Wildman–Crippen MR) is 153 cm³/mol. The van der Waals surface area contributed by atoms with E-state index in [4.69, 9.17) is 4.74 Å². The molecule has 3 rings (SSSR count). The number of halogens is 3. The van der Waals surface area contributed by atoms with E-state index in [1.807, 2.05) is 44.2 Å². The van der Waals surface area contributed by atoms with Crippen molar-refractivity contribution in [3.05, 3.63) is 89.0 Å². The van der Waals surface area contributed by atoms with Crippen LogP contribution in [0, 0.1) is 23.2 Å². The summed E-state index contributed by atoms with van der Waals surface area (Å²) in [6, 6.07) is 20.5. The first kappa shape index (κ1) is 30.7. The van der Waals surface area contributed by atoms with Gasteiger partial charge in [0.15, 0.2) is 0 Å². The topological polar surface area (TPSA) is 53.3 Å². The number of ether oxygens (including phenoxy) is 1. The third-order valence-corrected chi connectivity index (χ3v) is 6.88. The second-order valence-corrected chi connectivity index (χ2v) is 11.0. The third kappa shape index (κ3) is 8.35. The van der Waals surface area contributed by atoms with Crippen LogP contribution in [0.25, 0.3) is 11.1 Å². The van der Waals surface area contributed by atoms with Crippen LogP contribution < -0.4 is 4.90 Å². The second kappa shape index (κ2) is 13.5. The van der Waals surface area contributed by atoms with E-state index in [0.717, 1.165) is 47.5 Å². The minimum Gasteiger partial charge on any atom is -0.469 e. The maximum Gasteiger partial charge on any atom is 0.416 e.